The van der Waals surface area contributed by atoms with Crippen LogP contribution in [0.2, 0.25) is 0 Å². The summed E-state index contributed by atoms with van der Waals surface area (Å²) in [7, 11) is -3.75. The van der Waals surface area contributed by atoms with E-state index < -0.39 is 10.0 Å². The lowest BCUT2D eigenvalue weighted by Gasteiger charge is -2.25. The van der Waals surface area contributed by atoms with Gasteiger partial charge in [0, 0.05) is 88.0 Å². The van der Waals surface area contributed by atoms with Crippen LogP contribution in [0.5, 0.6) is 0 Å². The molecule has 0 aromatic heterocycles. The molecule has 6 rings (SSSR count). The van der Waals surface area contributed by atoms with Crippen molar-refractivity contribution < 1.29 is 12.8 Å². The Bertz CT molecular complexity index is 2270. The van der Waals surface area contributed by atoms with Gasteiger partial charge in [0.25, 0.3) is 0 Å². The molecule has 1 aliphatic heterocycles. The topological polar surface area (TPSA) is 56.8 Å². The maximum Gasteiger partial charge on any atom is 0.243 e. The smallest absolute Gasteiger partial charge is 0.243 e. The zero-order chi connectivity index (χ0) is 37.9. The van der Waals surface area contributed by atoms with Crippen LogP contribution < -0.4 is 14.8 Å². The first-order valence-corrected chi connectivity index (χ1v) is 22.6. The van der Waals surface area contributed by atoms with Crippen molar-refractivity contribution in [2.75, 3.05) is 55.7 Å². The van der Waals surface area contributed by atoms with Crippen molar-refractivity contribution in [3.63, 3.8) is 0 Å². The molecule has 0 saturated heterocycles. The molecule has 0 radical (unpaired) electrons. The zero-order valence-corrected chi connectivity index (χ0v) is 34.4. The molecule has 0 N–H and O–H groups in total. The van der Waals surface area contributed by atoms with Crippen LogP contribution in [0.4, 0.5) is 5.69 Å². The van der Waals surface area contributed by atoms with Crippen molar-refractivity contribution >= 4 is 50.2 Å². The Morgan fingerprint density at radius 2 is 1.31 bits per heavy atom. The van der Waals surface area contributed by atoms with Crippen LogP contribution in [-0.4, -0.2) is 63.5 Å². The van der Waals surface area contributed by atoms with Gasteiger partial charge in [-0.25, -0.2) is 13.0 Å². The standard InChI is InChI=1S/C45H52N3O3S3/c1-5-46(29-17-31-52-37-19-11-9-12-20-37)35-25-27-39-42(33-35)51-43-34-36(47(6-2)30-18-32-53-38-21-13-10-14-22-38)26-28-40(43)45(39)41-23-15-16-24-44(41)54(49,50)48(7-3)8-4/h9-16,19-28,33-34H,5-8,17-18,29-32H2,1-4H3/q+1. The van der Waals surface area contributed by atoms with Crippen LogP contribution in [0.3, 0.4) is 0 Å². The van der Waals surface area contributed by atoms with E-state index in [1.807, 2.05) is 55.6 Å². The van der Waals surface area contributed by atoms with Gasteiger partial charge >= 0.3 is 0 Å². The highest BCUT2D eigenvalue weighted by atomic mass is 32.2. The second-order valence-corrected chi connectivity index (χ2v) is 17.4. The van der Waals surface area contributed by atoms with E-state index >= 15 is 0 Å². The number of benzene rings is 5. The Balaban J connectivity index is 1.42. The van der Waals surface area contributed by atoms with Gasteiger partial charge in [0.15, 0.2) is 0 Å². The normalized spacial score (nSPS) is 12.5. The van der Waals surface area contributed by atoms with Crippen LogP contribution in [0, 0.1) is 0 Å². The number of hydrogen-bond donors (Lipinski definition) is 0. The van der Waals surface area contributed by atoms with E-state index in [1.165, 1.54) is 14.1 Å². The minimum absolute atomic E-state index is 0.313. The monoisotopic (exact) mass is 778 g/mol. The molecule has 0 fully saturated rings. The molecule has 0 spiro atoms. The first-order valence-electron chi connectivity index (χ1n) is 19.2. The Labute approximate surface area is 330 Å². The second-order valence-electron chi connectivity index (χ2n) is 13.1. The fourth-order valence-electron chi connectivity index (χ4n) is 7.02. The molecule has 0 saturated carbocycles. The van der Waals surface area contributed by atoms with Gasteiger partial charge in [-0.1, -0.05) is 68.4 Å². The highest BCUT2D eigenvalue weighted by Crippen LogP contribution is 2.43. The molecular formula is C45H52N3O3S3+. The number of hydrogen-bond acceptors (Lipinski definition) is 6. The van der Waals surface area contributed by atoms with Crippen LogP contribution in [0.1, 0.15) is 40.5 Å². The predicted molar refractivity (Wildman–Crippen MR) is 231 cm³/mol. The zero-order valence-electron chi connectivity index (χ0n) is 31.9. The summed E-state index contributed by atoms with van der Waals surface area (Å²) in [5, 5.41) is 1.98. The van der Waals surface area contributed by atoms with E-state index in [0.717, 1.165) is 89.4 Å². The second kappa shape index (κ2) is 19.0. The molecule has 1 heterocycles. The Morgan fingerprint density at radius 1 is 0.667 bits per heavy atom. The number of rotatable bonds is 18. The molecule has 6 nitrogen and oxygen atoms in total. The average molecular weight is 779 g/mol. The van der Waals surface area contributed by atoms with Crippen LogP contribution >= 0.6 is 23.5 Å². The Hall–Kier alpha value is -4.02. The van der Waals surface area contributed by atoms with Crippen LogP contribution in [0.15, 0.2) is 140 Å². The van der Waals surface area contributed by atoms with E-state index in [9.17, 15) is 8.42 Å². The maximum atomic E-state index is 14.1. The fourth-order valence-corrected chi connectivity index (χ4v) is 10.4. The molecular weight excluding hydrogens is 727 g/mol. The number of thioether (sulfide) groups is 2. The van der Waals surface area contributed by atoms with Gasteiger partial charge in [-0.05, 0) is 74.6 Å². The van der Waals surface area contributed by atoms with E-state index in [-0.39, 0.29) is 0 Å². The third kappa shape index (κ3) is 9.25. The Morgan fingerprint density at radius 3 is 1.96 bits per heavy atom. The van der Waals surface area contributed by atoms with E-state index in [1.54, 1.807) is 6.07 Å². The predicted octanol–water partition coefficient (Wildman–Crippen LogP) is 10.2. The van der Waals surface area contributed by atoms with Crippen molar-refractivity contribution in [2.45, 2.75) is 55.2 Å². The Kier molecular flexibility index (Phi) is 14.0. The fraction of sp³-hybridized carbons (Fsp3) is 0.311. The summed E-state index contributed by atoms with van der Waals surface area (Å²) in [4.78, 5) is 5.29. The third-order valence-electron chi connectivity index (χ3n) is 9.83. The summed E-state index contributed by atoms with van der Waals surface area (Å²) in [5.41, 5.74) is 4.28. The quantitative estimate of drug-likeness (QED) is 0.0375. The maximum absolute atomic E-state index is 14.1. The van der Waals surface area contributed by atoms with Gasteiger partial charge < -0.3 is 9.32 Å². The van der Waals surface area contributed by atoms with Gasteiger partial charge in [-0.3, -0.25) is 0 Å². The molecule has 54 heavy (non-hydrogen) atoms. The minimum Gasteiger partial charge on any atom is -0.456 e. The number of fused-ring (bicyclic) bond motifs is 2. The summed E-state index contributed by atoms with van der Waals surface area (Å²) in [6.07, 6.45) is 2.09. The van der Waals surface area contributed by atoms with Crippen LogP contribution in [0.25, 0.3) is 33.4 Å². The molecule has 4 aromatic carbocycles. The molecule has 0 amide bonds. The van der Waals surface area contributed by atoms with Crippen molar-refractivity contribution in [3.8, 4) is 22.5 Å². The first-order chi connectivity index (χ1) is 26.4. The molecule has 0 bridgehead atoms. The molecule has 0 atom stereocenters. The molecule has 1 aliphatic carbocycles. The first kappa shape index (κ1) is 39.7. The van der Waals surface area contributed by atoms with E-state index in [0.29, 0.717) is 23.5 Å². The van der Waals surface area contributed by atoms with Gasteiger partial charge in [-0.15, -0.1) is 23.5 Å². The van der Waals surface area contributed by atoms with Gasteiger partial charge in [0.05, 0.1) is 11.0 Å². The van der Waals surface area contributed by atoms with Crippen molar-refractivity contribution in [2.24, 2.45) is 0 Å². The lowest BCUT2D eigenvalue weighted by Crippen LogP contribution is -2.31. The SMILES string of the molecule is CCN(CCCSc1ccccc1)c1ccc2c(-c3ccccc3S(=O)(=O)N(CC)CC)c3ccc(=[N+](CC)CCCSc4ccccc4)cc-3oc2c1. The summed E-state index contributed by atoms with van der Waals surface area (Å²) >= 11 is 3.77. The summed E-state index contributed by atoms with van der Waals surface area (Å²) in [6.45, 7) is 12.5. The molecule has 282 valence electrons. The highest BCUT2D eigenvalue weighted by molar-refractivity contribution is 7.99. The lowest BCUT2D eigenvalue weighted by molar-refractivity contribution is 0.445. The molecule has 0 unspecified atom stereocenters. The minimum atomic E-state index is -3.75. The number of anilines is 1. The van der Waals surface area contributed by atoms with Crippen LogP contribution in [-0.2, 0) is 10.0 Å². The summed E-state index contributed by atoms with van der Waals surface area (Å²) in [5.74, 6) is 2.81. The largest absolute Gasteiger partial charge is 0.456 e. The highest BCUT2D eigenvalue weighted by Gasteiger charge is 2.28. The molecule has 2 aliphatic rings. The van der Waals surface area contributed by atoms with E-state index in [2.05, 4.69) is 120 Å². The molecule has 4 aromatic rings. The van der Waals surface area contributed by atoms with E-state index in [4.69, 9.17) is 4.42 Å². The third-order valence-corrected chi connectivity index (χ3v) is 14.1. The summed E-state index contributed by atoms with van der Waals surface area (Å²) in [6, 6.07) is 41.4. The van der Waals surface area contributed by atoms with Gasteiger partial charge in [0.2, 0.25) is 15.4 Å². The van der Waals surface area contributed by atoms with Crippen molar-refractivity contribution in [1.29, 1.82) is 0 Å². The van der Waals surface area contributed by atoms with Gasteiger partial charge in [0.1, 0.15) is 24.4 Å². The lowest BCUT2D eigenvalue weighted by atomic mass is 9.93. The van der Waals surface area contributed by atoms with Gasteiger partial charge in [-0.2, -0.15) is 4.31 Å². The number of sulfonamides is 1. The molecule has 9 heteroatoms. The average Bonchev–Trinajstić information content (AvgIpc) is 3.21. The van der Waals surface area contributed by atoms with Crippen molar-refractivity contribution in [3.05, 3.63) is 127 Å². The van der Waals surface area contributed by atoms with Crippen molar-refractivity contribution in [1.82, 2.24) is 8.88 Å². The number of nitrogens with zero attached hydrogens (tertiary/aromatic N) is 3. The summed E-state index contributed by atoms with van der Waals surface area (Å²) < 4.78 is 39.1.